The van der Waals surface area contributed by atoms with Gasteiger partial charge in [0.05, 0.1) is 38.5 Å². The Bertz CT molecular complexity index is 732. The Morgan fingerprint density at radius 3 is 2.48 bits per heavy atom. The molecule has 2 heterocycles. The zero-order valence-electron chi connectivity index (χ0n) is 13.0. The zero-order chi connectivity index (χ0) is 16.4. The number of benzene rings is 1. The van der Waals surface area contributed by atoms with Gasteiger partial charge >= 0.3 is 0 Å². The van der Waals surface area contributed by atoms with Crippen molar-refractivity contribution >= 4 is 23.5 Å². The van der Waals surface area contributed by atoms with Gasteiger partial charge in [-0.05, 0) is 6.07 Å². The highest BCUT2D eigenvalue weighted by Crippen LogP contribution is 2.47. The van der Waals surface area contributed by atoms with Crippen LogP contribution in [-0.2, 0) is 4.79 Å². The van der Waals surface area contributed by atoms with Crippen LogP contribution in [0.4, 0.5) is 5.82 Å². The van der Waals surface area contributed by atoms with Gasteiger partial charge in [-0.2, -0.15) is 5.10 Å². The highest BCUT2D eigenvalue weighted by atomic mass is 32.2. The van der Waals surface area contributed by atoms with Crippen LogP contribution in [0.1, 0.15) is 16.4 Å². The molecule has 0 radical (unpaired) electrons. The average molecular weight is 335 g/mol. The van der Waals surface area contributed by atoms with E-state index in [-0.39, 0.29) is 11.2 Å². The lowest BCUT2D eigenvalue weighted by Gasteiger charge is -2.19. The molecule has 0 aliphatic carbocycles. The number of hydrogen-bond donors (Lipinski definition) is 2. The smallest absolute Gasteiger partial charge is 0.235 e. The van der Waals surface area contributed by atoms with E-state index in [0.29, 0.717) is 28.8 Å². The number of nitrogens with zero attached hydrogens (tertiary/aromatic N) is 1. The normalized spacial score (nSPS) is 17.0. The first-order valence-electron chi connectivity index (χ1n) is 6.92. The number of aromatic nitrogens is 2. The van der Waals surface area contributed by atoms with E-state index < -0.39 is 0 Å². The minimum atomic E-state index is -0.113. The Hall–Kier alpha value is -2.35. The molecule has 122 valence electrons. The summed E-state index contributed by atoms with van der Waals surface area (Å²) in [4.78, 5) is 11.8. The number of H-pyrrole nitrogens is 1. The van der Waals surface area contributed by atoms with E-state index in [1.54, 1.807) is 33.6 Å². The van der Waals surface area contributed by atoms with Crippen LogP contribution >= 0.6 is 11.8 Å². The van der Waals surface area contributed by atoms with Crippen molar-refractivity contribution in [3.05, 3.63) is 29.5 Å². The number of aromatic amines is 1. The van der Waals surface area contributed by atoms with Gasteiger partial charge in [-0.15, -0.1) is 11.8 Å². The van der Waals surface area contributed by atoms with Crippen LogP contribution in [0.2, 0.25) is 0 Å². The Morgan fingerprint density at radius 1 is 1.09 bits per heavy atom. The van der Waals surface area contributed by atoms with Gasteiger partial charge in [-0.1, -0.05) is 0 Å². The Kier molecular flexibility index (Phi) is 4.33. The Labute approximate surface area is 137 Å². The predicted octanol–water partition coefficient (Wildman–Crippen LogP) is 2.21. The molecule has 23 heavy (non-hydrogen) atoms. The maximum atomic E-state index is 11.8. The second kappa shape index (κ2) is 6.41. The first kappa shape index (κ1) is 15.5. The summed E-state index contributed by atoms with van der Waals surface area (Å²) in [5.41, 5.74) is 1.79. The molecule has 1 aromatic carbocycles. The van der Waals surface area contributed by atoms with Crippen LogP contribution in [0.3, 0.4) is 0 Å². The maximum Gasteiger partial charge on any atom is 0.235 e. The molecule has 8 heteroatoms. The molecule has 2 aromatic rings. The number of rotatable bonds is 4. The molecule has 1 aliphatic rings. The zero-order valence-corrected chi connectivity index (χ0v) is 13.8. The van der Waals surface area contributed by atoms with Crippen LogP contribution in [0.25, 0.3) is 0 Å². The lowest BCUT2D eigenvalue weighted by atomic mass is 10.0. The topological polar surface area (TPSA) is 85.5 Å². The standard InChI is InChI=1S/C15H17N3O4S/c1-20-10-5-12(22-3)11(21-2)4-8(10)14-9-6-16-18-15(9)17-13(19)7-23-14/h4-6,14H,7H2,1-3H3,(H2,16,17,18,19)/t14-/m1/s1. The van der Waals surface area contributed by atoms with Crippen molar-refractivity contribution in [2.45, 2.75) is 5.25 Å². The van der Waals surface area contributed by atoms with Crippen molar-refractivity contribution in [3.63, 3.8) is 0 Å². The monoisotopic (exact) mass is 335 g/mol. The molecule has 7 nitrogen and oxygen atoms in total. The number of amides is 1. The number of nitrogens with one attached hydrogen (secondary N) is 2. The Morgan fingerprint density at radius 2 is 1.78 bits per heavy atom. The van der Waals surface area contributed by atoms with Gasteiger partial charge in [0.1, 0.15) is 11.6 Å². The minimum Gasteiger partial charge on any atom is -0.496 e. The number of hydrogen-bond acceptors (Lipinski definition) is 6. The van der Waals surface area contributed by atoms with Crippen molar-refractivity contribution in [2.24, 2.45) is 0 Å². The number of ether oxygens (including phenoxy) is 3. The summed E-state index contributed by atoms with van der Waals surface area (Å²) in [5, 5.41) is 9.56. The largest absolute Gasteiger partial charge is 0.496 e. The van der Waals surface area contributed by atoms with Crippen molar-refractivity contribution in [2.75, 3.05) is 32.4 Å². The van der Waals surface area contributed by atoms with E-state index in [9.17, 15) is 4.79 Å². The molecule has 1 amide bonds. The van der Waals surface area contributed by atoms with Crippen LogP contribution in [-0.4, -0.2) is 43.2 Å². The lowest BCUT2D eigenvalue weighted by molar-refractivity contribution is -0.113. The van der Waals surface area contributed by atoms with Crippen LogP contribution in [0, 0.1) is 0 Å². The molecule has 3 rings (SSSR count). The molecule has 1 aromatic heterocycles. The van der Waals surface area contributed by atoms with Crippen LogP contribution < -0.4 is 19.5 Å². The molecule has 0 bridgehead atoms. The first-order valence-corrected chi connectivity index (χ1v) is 7.97. The van der Waals surface area contributed by atoms with Crippen molar-refractivity contribution in [1.82, 2.24) is 10.2 Å². The number of thioether (sulfide) groups is 1. The molecular formula is C15H17N3O4S. The number of fused-ring (bicyclic) bond motifs is 1. The maximum absolute atomic E-state index is 11.8. The van der Waals surface area contributed by atoms with Gasteiger partial charge < -0.3 is 19.5 Å². The summed E-state index contributed by atoms with van der Waals surface area (Å²) in [6, 6.07) is 3.66. The summed E-state index contributed by atoms with van der Waals surface area (Å²) < 4.78 is 16.2. The quantitative estimate of drug-likeness (QED) is 0.891. The third kappa shape index (κ3) is 2.81. The molecule has 0 saturated heterocycles. The highest BCUT2D eigenvalue weighted by molar-refractivity contribution is 8.00. The van der Waals surface area contributed by atoms with E-state index in [2.05, 4.69) is 15.5 Å². The molecule has 0 spiro atoms. The fraction of sp³-hybridized carbons (Fsp3) is 0.333. The third-order valence-electron chi connectivity index (χ3n) is 3.62. The number of carbonyl (C=O) groups excluding carboxylic acids is 1. The van der Waals surface area contributed by atoms with Gasteiger partial charge in [0, 0.05) is 17.2 Å². The number of anilines is 1. The van der Waals surface area contributed by atoms with E-state index in [0.717, 1.165) is 11.1 Å². The van der Waals surface area contributed by atoms with E-state index in [1.165, 1.54) is 11.8 Å². The first-order chi connectivity index (χ1) is 11.2. The molecule has 2 N–H and O–H groups in total. The van der Waals surface area contributed by atoms with Gasteiger partial charge in [-0.3, -0.25) is 9.89 Å². The fourth-order valence-electron chi connectivity index (χ4n) is 2.53. The molecule has 0 fully saturated rings. The van der Waals surface area contributed by atoms with Crippen LogP contribution in [0.15, 0.2) is 18.3 Å². The lowest BCUT2D eigenvalue weighted by Crippen LogP contribution is -2.12. The van der Waals surface area contributed by atoms with E-state index >= 15 is 0 Å². The summed E-state index contributed by atoms with van der Waals surface area (Å²) >= 11 is 1.51. The minimum absolute atomic E-state index is 0.0672. The summed E-state index contributed by atoms with van der Waals surface area (Å²) in [5.74, 6) is 2.75. The van der Waals surface area contributed by atoms with E-state index in [4.69, 9.17) is 14.2 Å². The average Bonchev–Trinajstić information content (AvgIpc) is 2.96. The van der Waals surface area contributed by atoms with Crippen molar-refractivity contribution in [3.8, 4) is 17.2 Å². The highest BCUT2D eigenvalue weighted by Gasteiger charge is 2.29. The second-order valence-corrected chi connectivity index (χ2v) is 5.98. The summed E-state index contributed by atoms with van der Waals surface area (Å²) in [6.07, 6.45) is 1.72. The summed E-state index contributed by atoms with van der Waals surface area (Å²) in [6.45, 7) is 0. The van der Waals surface area contributed by atoms with Crippen LogP contribution in [0.5, 0.6) is 17.2 Å². The van der Waals surface area contributed by atoms with Gasteiger partial charge in [0.15, 0.2) is 11.5 Å². The molecule has 0 saturated carbocycles. The molecule has 0 unspecified atom stereocenters. The van der Waals surface area contributed by atoms with Gasteiger partial charge in [0.2, 0.25) is 5.91 Å². The number of methoxy groups -OCH3 is 3. The van der Waals surface area contributed by atoms with Gasteiger partial charge in [0.25, 0.3) is 0 Å². The van der Waals surface area contributed by atoms with Crippen molar-refractivity contribution < 1.29 is 19.0 Å². The van der Waals surface area contributed by atoms with E-state index in [1.807, 2.05) is 6.07 Å². The fourth-order valence-corrected chi connectivity index (χ4v) is 3.65. The second-order valence-electron chi connectivity index (χ2n) is 4.89. The third-order valence-corrected chi connectivity index (χ3v) is 4.89. The molecule has 1 aliphatic heterocycles. The van der Waals surface area contributed by atoms with Gasteiger partial charge in [-0.25, -0.2) is 0 Å². The molecular weight excluding hydrogens is 318 g/mol. The molecule has 1 atom stereocenters. The number of carbonyl (C=O) groups is 1. The summed E-state index contributed by atoms with van der Waals surface area (Å²) in [7, 11) is 4.77. The predicted molar refractivity (Wildman–Crippen MR) is 87.6 cm³/mol. The SMILES string of the molecule is COc1cc(OC)c([C@H]2SCC(=O)Nc3[nH]ncc32)cc1OC. The van der Waals surface area contributed by atoms with Crippen molar-refractivity contribution in [1.29, 1.82) is 0 Å². The Balaban J connectivity index is 2.12.